The van der Waals surface area contributed by atoms with Gasteiger partial charge in [-0.2, -0.15) is 4.31 Å². The van der Waals surface area contributed by atoms with Crippen molar-refractivity contribution in [2.75, 3.05) is 31.1 Å². The molecule has 2 saturated heterocycles. The second-order valence-electron chi connectivity index (χ2n) is 8.14. The molecule has 2 aliphatic rings. The highest BCUT2D eigenvalue weighted by Gasteiger charge is 2.31. The summed E-state index contributed by atoms with van der Waals surface area (Å²) in [6, 6.07) is 14.7. The smallest absolute Gasteiger partial charge is 0.293 e. The van der Waals surface area contributed by atoms with Crippen molar-refractivity contribution in [3.05, 3.63) is 64.2 Å². The minimum Gasteiger partial charge on any atom is -0.366 e. The molecule has 2 aromatic carbocycles. The topological polar surface area (TPSA) is 83.8 Å². The predicted octanol–water partition coefficient (Wildman–Crippen LogP) is 3.84. The van der Waals surface area contributed by atoms with Crippen LogP contribution in [0.15, 0.2) is 53.4 Å². The number of nitro groups is 1. The van der Waals surface area contributed by atoms with Crippen molar-refractivity contribution >= 4 is 21.4 Å². The molecule has 4 rings (SSSR count). The molecule has 2 aliphatic heterocycles. The van der Waals surface area contributed by atoms with Crippen molar-refractivity contribution < 1.29 is 13.3 Å². The summed E-state index contributed by atoms with van der Waals surface area (Å²) in [6.45, 7) is 2.42. The lowest BCUT2D eigenvalue weighted by atomic mass is 9.90. The van der Waals surface area contributed by atoms with Gasteiger partial charge >= 0.3 is 0 Å². The molecule has 0 radical (unpaired) electrons. The van der Waals surface area contributed by atoms with Crippen LogP contribution in [-0.2, 0) is 16.4 Å². The van der Waals surface area contributed by atoms with Gasteiger partial charge in [-0.3, -0.25) is 10.1 Å². The number of piperidine rings is 1. The first kappa shape index (κ1) is 20.8. The zero-order chi connectivity index (χ0) is 21.1. The van der Waals surface area contributed by atoms with Crippen molar-refractivity contribution in [3.8, 4) is 0 Å². The predicted molar refractivity (Wildman–Crippen MR) is 116 cm³/mol. The van der Waals surface area contributed by atoms with Crippen molar-refractivity contribution in [1.82, 2.24) is 4.31 Å². The molecule has 0 aliphatic carbocycles. The van der Waals surface area contributed by atoms with E-state index in [0.29, 0.717) is 24.7 Å². The van der Waals surface area contributed by atoms with E-state index in [1.54, 1.807) is 6.07 Å². The first-order chi connectivity index (χ1) is 14.4. The first-order valence-electron chi connectivity index (χ1n) is 10.5. The maximum Gasteiger partial charge on any atom is 0.293 e. The molecule has 8 heteroatoms. The van der Waals surface area contributed by atoms with E-state index in [1.807, 2.05) is 23.1 Å². The molecule has 0 N–H and O–H groups in total. The Balaban J connectivity index is 1.50. The summed E-state index contributed by atoms with van der Waals surface area (Å²) in [6.07, 6.45) is 4.60. The van der Waals surface area contributed by atoms with E-state index < -0.39 is 14.9 Å². The molecule has 2 heterocycles. The van der Waals surface area contributed by atoms with Gasteiger partial charge in [0.25, 0.3) is 5.69 Å². The standard InChI is InChI=1S/C22H27N3O4S/c26-25(27)22-17-20(30(28,29)24-12-4-5-13-24)8-9-21(22)23-14-10-19(11-15-23)16-18-6-2-1-3-7-18/h1-3,6-9,17,19H,4-5,10-16H2. The fourth-order valence-electron chi connectivity index (χ4n) is 4.48. The Labute approximate surface area is 177 Å². The number of rotatable bonds is 6. The maximum atomic E-state index is 12.8. The van der Waals surface area contributed by atoms with E-state index in [1.165, 1.54) is 22.0 Å². The molecular formula is C22H27N3O4S. The fraction of sp³-hybridized carbons (Fsp3) is 0.455. The van der Waals surface area contributed by atoms with Crippen LogP contribution in [0.3, 0.4) is 0 Å². The second kappa shape index (κ2) is 8.73. The average Bonchev–Trinajstić information content (AvgIpc) is 3.30. The van der Waals surface area contributed by atoms with Crippen molar-refractivity contribution in [2.24, 2.45) is 5.92 Å². The molecule has 0 unspecified atom stereocenters. The third-order valence-electron chi connectivity index (χ3n) is 6.17. The summed E-state index contributed by atoms with van der Waals surface area (Å²) in [5, 5.41) is 11.7. The summed E-state index contributed by atoms with van der Waals surface area (Å²) in [7, 11) is -3.68. The third kappa shape index (κ3) is 4.34. The Bertz CT molecular complexity index is 996. The molecule has 0 spiro atoms. The zero-order valence-corrected chi connectivity index (χ0v) is 17.8. The summed E-state index contributed by atoms with van der Waals surface area (Å²) < 4.78 is 27.0. The Kier molecular flexibility index (Phi) is 6.06. The lowest BCUT2D eigenvalue weighted by molar-refractivity contribution is -0.384. The van der Waals surface area contributed by atoms with E-state index in [4.69, 9.17) is 0 Å². The Morgan fingerprint density at radius 2 is 1.63 bits per heavy atom. The van der Waals surface area contributed by atoms with Crippen LogP contribution in [0.1, 0.15) is 31.2 Å². The number of nitrogens with zero attached hydrogens (tertiary/aromatic N) is 3. The number of hydrogen-bond donors (Lipinski definition) is 0. The molecule has 0 saturated carbocycles. The number of sulfonamides is 1. The molecule has 30 heavy (non-hydrogen) atoms. The molecule has 0 atom stereocenters. The second-order valence-corrected chi connectivity index (χ2v) is 10.1. The largest absolute Gasteiger partial charge is 0.366 e. The van der Waals surface area contributed by atoms with Gasteiger partial charge < -0.3 is 4.90 Å². The highest BCUT2D eigenvalue weighted by atomic mass is 32.2. The quantitative estimate of drug-likeness (QED) is 0.515. The van der Waals surface area contributed by atoms with Gasteiger partial charge in [-0.1, -0.05) is 30.3 Å². The van der Waals surface area contributed by atoms with Crippen LogP contribution in [0, 0.1) is 16.0 Å². The normalized spacial score (nSPS) is 18.6. The van der Waals surface area contributed by atoms with Gasteiger partial charge in [-0.05, 0) is 55.7 Å². The van der Waals surface area contributed by atoms with E-state index in [9.17, 15) is 18.5 Å². The van der Waals surface area contributed by atoms with Crippen LogP contribution >= 0.6 is 0 Å². The number of benzene rings is 2. The molecule has 7 nitrogen and oxygen atoms in total. The minimum absolute atomic E-state index is 0.0128. The van der Waals surface area contributed by atoms with Crippen molar-refractivity contribution in [1.29, 1.82) is 0 Å². The lowest BCUT2D eigenvalue weighted by Gasteiger charge is -2.33. The Morgan fingerprint density at radius 1 is 0.967 bits per heavy atom. The molecule has 0 bridgehead atoms. The van der Waals surface area contributed by atoms with E-state index >= 15 is 0 Å². The van der Waals surface area contributed by atoms with Gasteiger partial charge in [-0.15, -0.1) is 0 Å². The molecular weight excluding hydrogens is 402 g/mol. The van der Waals surface area contributed by atoms with Crippen molar-refractivity contribution in [2.45, 2.75) is 37.0 Å². The van der Waals surface area contributed by atoms with E-state index in [0.717, 1.165) is 45.2 Å². The summed E-state index contributed by atoms with van der Waals surface area (Å²) in [5.41, 5.74) is 1.70. The van der Waals surface area contributed by atoms with Crippen LogP contribution in [0.4, 0.5) is 11.4 Å². The van der Waals surface area contributed by atoms with Crippen LogP contribution in [0.25, 0.3) is 0 Å². The van der Waals surface area contributed by atoms with Gasteiger partial charge in [-0.25, -0.2) is 8.42 Å². The molecule has 2 fully saturated rings. The first-order valence-corrected chi connectivity index (χ1v) is 12.0. The lowest BCUT2D eigenvalue weighted by Crippen LogP contribution is -2.34. The van der Waals surface area contributed by atoms with Gasteiger partial charge in [0, 0.05) is 32.2 Å². The van der Waals surface area contributed by atoms with E-state index in [2.05, 4.69) is 12.1 Å². The van der Waals surface area contributed by atoms with Gasteiger partial charge in [0.2, 0.25) is 10.0 Å². The molecule has 2 aromatic rings. The highest BCUT2D eigenvalue weighted by molar-refractivity contribution is 7.89. The number of hydrogen-bond acceptors (Lipinski definition) is 5. The van der Waals surface area contributed by atoms with Crippen molar-refractivity contribution in [3.63, 3.8) is 0 Å². The molecule has 160 valence electrons. The number of nitro benzene ring substituents is 1. The third-order valence-corrected chi connectivity index (χ3v) is 8.06. The van der Waals surface area contributed by atoms with Crippen LogP contribution in [0.5, 0.6) is 0 Å². The van der Waals surface area contributed by atoms with Gasteiger partial charge in [0.15, 0.2) is 0 Å². The summed E-state index contributed by atoms with van der Waals surface area (Å²) >= 11 is 0. The summed E-state index contributed by atoms with van der Waals surface area (Å²) in [5.74, 6) is 0.553. The van der Waals surface area contributed by atoms with Crippen LogP contribution in [0.2, 0.25) is 0 Å². The Hall–Kier alpha value is -2.45. The minimum atomic E-state index is -3.68. The molecule has 0 aromatic heterocycles. The van der Waals surface area contributed by atoms with Crippen LogP contribution < -0.4 is 4.90 Å². The monoisotopic (exact) mass is 429 g/mol. The van der Waals surface area contributed by atoms with Crippen LogP contribution in [-0.4, -0.2) is 43.8 Å². The Morgan fingerprint density at radius 3 is 2.27 bits per heavy atom. The summed E-state index contributed by atoms with van der Waals surface area (Å²) in [4.78, 5) is 13.3. The number of anilines is 1. The van der Waals surface area contributed by atoms with Gasteiger partial charge in [0.05, 0.1) is 9.82 Å². The fourth-order valence-corrected chi connectivity index (χ4v) is 6.02. The molecule has 0 amide bonds. The maximum absolute atomic E-state index is 12.8. The van der Waals surface area contributed by atoms with Gasteiger partial charge in [0.1, 0.15) is 5.69 Å². The average molecular weight is 430 g/mol. The highest BCUT2D eigenvalue weighted by Crippen LogP contribution is 2.35. The zero-order valence-electron chi connectivity index (χ0n) is 16.9. The van der Waals surface area contributed by atoms with E-state index in [-0.39, 0.29) is 10.6 Å². The SMILES string of the molecule is O=[N+]([O-])c1cc(S(=O)(=O)N2CCCC2)ccc1N1CCC(Cc2ccccc2)CC1.